The van der Waals surface area contributed by atoms with Crippen LogP contribution in [-0.4, -0.2) is 44.6 Å². The highest BCUT2D eigenvalue weighted by Gasteiger charge is 2.58. The van der Waals surface area contributed by atoms with Crippen molar-refractivity contribution in [3.8, 4) is 0 Å². The Kier molecular flexibility index (Phi) is 7.35. The van der Waals surface area contributed by atoms with Crippen molar-refractivity contribution in [2.24, 2.45) is 5.92 Å². The van der Waals surface area contributed by atoms with Crippen molar-refractivity contribution in [3.63, 3.8) is 0 Å². The summed E-state index contributed by atoms with van der Waals surface area (Å²) in [5.74, 6) is -3.41. The third-order valence-electron chi connectivity index (χ3n) is 2.65. The predicted octanol–water partition coefficient (Wildman–Crippen LogP) is 4.80. The molecule has 0 aliphatic heterocycles. The van der Waals surface area contributed by atoms with Gasteiger partial charge in [0.05, 0.1) is 0 Å². The van der Waals surface area contributed by atoms with Gasteiger partial charge >= 0.3 is 21.6 Å². The number of hydrogen-bond acceptors (Lipinski definition) is 2. The van der Waals surface area contributed by atoms with Gasteiger partial charge in [-0.2, -0.15) is 26.3 Å². The molecule has 0 aliphatic carbocycles. The first-order valence-corrected chi connectivity index (χ1v) is 14.5. The maximum Gasteiger partial charge on any atom is 0.400 e. The Morgan fingerprint density at radius 3 is 1.55 bits per heavy atom. The molecule has 0 rings (SSSR count). The molecule has 0 saturated carbocycles. The summed E-state index contributed by atoms with van der Waals surface area (Å²) in [5.41, 5.74) is 0. The Bertz CT molecular complexity index is 343. The van der Waals surface area contributed by atoms with Crippen LogP contribution in [0.3, 0.4) is 0 Å². The summed E-state index contributed by atoms with van der Waals surface area (Å²) in [6.07, 6.45) is -11.4. The summed E-state index contributed by atoms with van der Waals surface area (Å²) < 4.78 is 99.0. The van der Waals surface area contributed by atoms with Gasteiger partial charge in [0.1, 0.15) is 12.2 Å². The molecule has 22 heavy (non-hydrogen) atoms. The Morgan fingerprint density at radius 1 is 0.864 bits per heavy atom. The van der Waals surface area contributed by atoms with Crippen LogP contribution >= 0.6 is 0 Å². The van der Waals surface area contributed by atoms with E-state index in [2.05, 4.69) is 0 Å². The van der Waals surface area contributed by atoms with Gasteiger partial charge in [-0.3, -0.25) is 4.39 Å². The van der Waals surface area contributed by atoms with E-state index in [0.29, 0.717) is 0 Å². The lowest BCUT2D eigenvalue weighted by Crippen LogP contribution is -2.49. The normalized spacial score (nSPS) is 15.0. The Balaban J connectivity index is 4.93. The summed E-state index contributed by atoms with van der Waals surface area (Å²) in [6.45, 7) is 7.14. The van der Waals surface area contributed by atoms with Crippen LogP contribution in [0.4, 0.5) is 30.7 Å². The van der Waals surface area contributed by atoms with Gasteiger partial charge in [0, 0.05) is 0 Å². The molecule has 0 atom stereocenters. The van der Waals surface area contributed by atoms with Crippen molar-refractivity contribution in [1.82, 2.24) is 0 Å². The second-order valence-corrected chi connectivity index (χ2v) is 16.5. The highest BCUT2D eigenvalue weighted by Crippen LogP contribution is 2.44. The fourth-order valence-electron chi connectivity index (χ4n) is 1.78. The van der Waals surface area contributed by atoms with Crippen LogP contribution < -0.4 is 0 Å². The average Bonchev–Trinajstić information content (AvgIpc) is 2.21. The van der Waals surface area contributed by atoms with E-state index in [0.717, 1.165) is 0 Å². The van der Waals surface area contributed by atoms with E-state index < -0.39 is 56.5 Å². The number of alkyl halides is 7. The van der Waals surface area contributed by atoms with E-state index in [1.807, 2.05) is 0 Å². The predicted molar refractivity (Wildman–Crippen MR) is 75.1 cm³/mol. The van der Waals surface area contributed by atoms with E-state index in [9.17, 15) is 30.7 Å². The van der Waals surface area contributed by atoms with E-state index >= 15 is 0 Å². The molecule has 0 spiro atoms. The van der Waals surface area contributed by atoms with Gasteiger partial charge in [-0.25, -0.2) is 0 Å². The average molecular weight is 390 g/mol. The quantitative estimate of drug-likeness (QED) is 0.460. The second kappa shape index (κ2) is 7.32. The van der Waals surface area contributed by atoms with E-state index in [1.165, 1.54) is 19.6 Å². The molecule has 0 aromatic heterocycles. The van der Waals surface area contributed by atoms with Gasteiger partial charge < -0.3 is 8.23 Å². The summed E-state index contributed by atoms with van der Waals surface area (Å²) in [6, 6.07) is -1.14. The van der Waals surface area contributed by atoms with Crippen molar-refractivity contribution in [2.75, 3.05) is 6.30 Å². The van der Waals surface area contributed by atoms with Gasteiger partial charge in [0.25, 0.3) is 0 Å². The lowest BCUT2D eigenvalue weighted by molar-refractivity contribution is -0.278. The molecule has 1 radical (unpaired) electrons. The summed E-state index contributed by atoms with van der Waals surface area (Å²) in [4.78, 5) is 0. The summed E-state index contributed by atoms with van der Waals surface area (Å²) in [7, 11) is -8.01. The maximum absolute atomic E-state index is 12.7. The van der Waals surface area contributed by atoms with Crippen LogP contribution in [0.5, 0.6) is 0 Å². The zero-order valence-corrected chi connectivity index (χ0v) is 16.0. The minimum atomic E-state index is -5.37. The number of hydrogen-bond donors (Lipinski definition) is 0. The van der Waals surface area contributed by atoms with Gasteiger partial charge in [-0.1, -0.05) is 0 Å². The Morgan fingerprint density at radius 2 is 1.23 bits per heavy atom. The van der Waals surface area contributed by atoms with Crippen LogP contribution in [0.1, 0.15) is 0 Å². The number of halogens is 7. The molecule has 0 amide bonds. The second-order valence-electron chi connectivity index (χ2n) is 6.19. The lowest BCUT2D eigenvalue weighted by atomic mass is 10.1. The largest absolute Gasteiger partial charge is 0.436 e. The lowest BCUT2D eigenvalue weighted by Gasteiger charge is -2.33. The van der Waals surface area contributed by atoms with Crippen molar-refractivity contribution in [3.05, 3.63) is 0 Å². The van der Waals surface area contributed by atoms with Crippen LogP contribution in [-0.2, 0) is 8.23 Å². The molecule has 0 unspecified atom stereocenters. The standard InChI is InChI=1S/C10H20F7O2Si3/c1-20(19-22(4,5)7-11)18-21(2,3)6-8(9(12,13)14)10(15,16)17/h8H,6-7H2,1-5H3. The number of rotatable bonds is 7. The van der Waals surface area contributed by atoms with Crippen LogP contribution in [0.15, 0.2) is 0 Å². The van der Waals surface area contributed by atoms with E-state index in [4.69, 9.17) is 8.23 Å². The van der Waals surface area contributed by atoms with Crippen LogP contribution in [0, 0.1) is 5.92 Å². The molecule has 2 nitrogen and oxygen atoms in total. The molecular formula is C10H20F7O2Si3. The monoisotopic (exact) mass is 389 g/mol. The maximum atomic E-state index is 12.7. The highest BCUT2D eigenvalue weighted by atomic mass is 28.4. The molecule has 0 aromatic rings. The minimum absolute atomic E-state index is 0.700. The SMILES string of the molecule is C[Si](O[Si](C)(C)CF)O[Si](C)(C)CC(C(F)(F)F)C(F)(F)F. The van der Waals surface area contributed by atoms with Gasteiger partial charge in [-0.15, -0.1) is 0 Å². The first-order chi connectivity index (χ1) is 9.50. The third-order valence-corrected chi connectivity index (χ3v) is 11.4. The zero-order valence-electron chi connectivity index (χ0n) is 13.0. The van der Waals surface area contributed by atoms with Gasteiger partial charge in [0.15, 0.2) is 8.32 Å². The van der Waals surface area contributed by atoms with Crippen LogP contribution in [0.25, 0.3) is 0 Å². The van der Waals surface area contributed by atoms with Gasteiger partial charge in [0.2, 0.25) is 8.32 Å². The molecule has 0 N–H and O–H groups in total. The van der Waals surface area contributed by atoms with E-state index in [-0.39, 0.29) is 0 Å². The highest BCUT2D eigenvalue weighted by molar-refractivity contribution is 6.81. The molecule has 0 saturated heterocycles. The first kappa shape index (κ1) is 22.1. The smallest absolute Gasteiger partial charge is 0.400 e. The first-order valence-electron chi connectivity index (χ1n) is 6.41. The molecule has 12 heteroatoms. The Labute approximate surface area is 129 Å². The molecule has 133 valence electrons. The topological polar surface area (TPSA) is 18.5 Å². The fraction of sp³-hybridized carbons (Fsp3) is 1.00. The minimum Gasteiger partial charge on any atom is -0.436 e. The van der Waals surface area contributed by atoms with E-state index in [1.54, 1.807) is 13.1 Å². The van der Waals surface area contributed by atoms with Gasteiger partial charge in [-0.05, 0) is 38.8 Å². The fourth-order valence-corrected chi connectivity index (χ4v) is 10.5. The molecule has 0 aromatic carbocycles. The molecule has 0 bridgehead atoms. The van der Waals surface area contributed by atoms with Crippen LogP contribution in [0.2, 0.25) is 38.8 Å². The molecule has 0 aliphatic rings. The molecular weight excluding hydrogens is 369 g/mol. The Hall–Kier alpha value is 0.0806. The summed E-state index contributed by atoms with van der Waals surface area (Å²) in [5, 5.41) is 0. The third kappa shape index (κ3) is 8.08. The van der Waals surface area contributed by atoms with Crippen molar-refractivity contribution < 1.29 is 39.0 Å². The van der Waals surface area contributed by atoms with Crippen molar-refractivity contribution >= 4 is 25.9 Å². The molecule has 0 fully saturated rings. The van der Waals surface area contributed by atoms with Crippen molar-refractivity contribution in [1.29, 1.82) is 0 Å². The zero-order chi connectivity index (χ0) is 18.0. The molecule has 0 heterocycles. The summed E-state index contributed by atoms with van der Waals surface area (Å²) >= 11 is 0. The van der Waals surface area contributed by atoms with Crippen molar-refractivity contribution in [2.45, 2.75) is 51.1 Å².